The third-order valence-electron chi connectivity index (χ3n) is 2.65. The van der Waals surface area contributed by atoms with Gasteiger partial charge in [-0.15, -0.1) is 0 Å². The summed E-state index contributed by atoms with van der Waals surface area (Å²) in [5.41, 5.74) is -0.404. The predicted octanol–water partition coefficient (Wildman–Crippen LogP) is 1.79. The zero-order chi connectivity index (χ0) is 14.3. The van der Waals surface area contributed by atoms with Crippen LogP contribution in [0.4, 0.5) is 8.78 Å². The largest absolute Gasteiger partial charge is 0.475 e. The number of para-hydroxylation sites is 1. The van der Waals surface area contributed by atoms with Crippen molar-refractivity contribution in [3.63, 3.8) is 0 Å². The first-order valence-corrected chi connectivity index (χ1v) is 5.46. The van der Waals surface area contributed by atoms with Gasteiger partial charge in [0.05, 0.1) is 11.6 Å². The first-order valence-electron chi connectivity index (χ1n) is 5.46. The molecule has 0 aliphatic rings. The van der Waals surface area contributed by atoms with Gasteiger partial charge in [0.1, 0.15) is 5.69 Å². The van der Waals surface area contributed by atoms with Crippen molar-refractivity contribution in [1.29, 1.82) is 0 Å². The van der Waals surface area contributed by atoms with Gasteiger partial charge in [0.2, 0.25) is 5.82 Å². The highest BCUT2D eigenvalue weighted by Gasteiger charge is 2.17. The van der Waals surface area contributed by atoms with Crippen molar-refractivity contribution in [2.75, 3.05) is 0 Å². The summed E-state index contributed by atoms with van der Waals surface area (Å²) in [4.78, 5) is 18.2. The van der Waals surface area contributed by atoms with Crippen LogP contribution in [0.2, 0.25) is 0 Å². The van der Waals surface area contributed by atoms with Crippen LogP contribution in [0, 0.1) is 11.6 Å². The van der Waals surface area contributed by atoms with Gasteiger partial charge in [-0.2, -0.15) is 5.10 Å². The lowest BCUT2D eigenvalue weighted by Crippen LogP contribution is -2.08. The molecule has 2 aromatic heterocycles. The number of aromatic carboxylic acids is 1. The number of nitrogens with zero attached hydrogens (tertiary/aromatic N) is 4. The van der Waals surface area contributed by atoms with Gasteiger partial charge in [-0.1, -0.05) is 6.07 Å². The molecule has 0 radical (unpaired) electrons. The maximum absolute atomic E-state index is 13.7. The number of carbonyl (C=O) groups is 1. The molecule has 3 rings (SSSR count). The van der Waals surface area contributed by atoms with Gasteiger partial charge < -0.3 is 5.11 Å². The molecule has 0 atom stereocenters. The second kappa shape index (κ2) is 4.34. The topological polar surface area (TPSA) is 80.9 Å². The Balaban J connectivity index is 2.31. The van der Waals surface area contributed by atoms with Gasteiger partial charge in [-0.25, -0.2) is 28.2 Å². The Morgan fingerprint density at radius 2 is 1.90 bits per heavy atom. The Labute approximate surface area is 110 Å². The Morgan fingerprint density at radius 3 is 2.55 bits per heavy atom. The van der Waals surface area contributed by atoms with Gasteiger partial charge in [0, 0.05) is 6.20 Å². The van der Waals surface area contributed by atoms with E-state index in [-0.39, 0.29) is 5.65 Å². The number of benzene rings is 1. The van der Waals surface area contributed by atoms with Gasteiger partial charge in [0.15, 0.2) is 17.3 Å². The predicted molar refractivity (Wildman–Crippen MR) is 63.5 cm³/mol. The summed E-state index contributed by atoms with van der Waals surface area (Å²) >= 11 is 0. The molecular weight excluding hydrogens is 270 g/mol. The van der Waals surface area contributed by atoms with Crippen molar-refractivity contribution in [2.24, 2.45) is 0 Å². The lowest BCUT2D eigenvalue weighted by Gasteiger charge is -2.05. The Bertz CT molecular complexity index is 811. The van der Waals surface area contributed by atoms with E-state index in [2.05, 4.69) is 15.1 Å². The quantitative estimate of drug-likeness (QED) is 0.771. The number of carboxylic acid groups (broad SMARTS) is 1. The monoisotopic (exact) mass is 276 g/mol. The molecule has 0 aliphatic heterocycles. The smallest absolute Gasteiger partial charge is 0.374 e. The van der Waals surface area contributed by atoms with E-state index in [9.17, 15) is 13.6 Å². The van der Waals surface area contributed by atoms with Crippen LogP contribution in [0.3, 0.4) is 0 Å². The SMILES string of the molecule is O=C(O)c1ncc2cnn(-c3c(F)cccc3F)c2n1. The molecule has 3 aromatic rings. The van der Waals surface area contributed by atoms with Gasteiger partial charge >= 0.3 is 5.97 Å². The lowest BCUT2D eigenvalue weighted by molar-refractivity contribution is 0.0684. The van der Waals surface area contributed by atoms with Crippen LogP contribution in [0.5, 0.6) is 0 Å². The van der Waals surface area contributed by atoms with Crippen LogP contribution in [0.1, 0.15) is 10.6 Å². The Morgan fingerprint density at radius 1 is 1.20 bits per heavy atom. The summed E-state index contributed by atoms with van der Waals surface area (Å²) in [6.45, 7) is 0. The van der Waals surface area contributed by atoms with Gasteiger partial charge in [0.25, 0.3) is 0 Å². The molecular formula is C12H6F2N4O2. The summed E-state index contributed by atoms with van der Waals surface area (Å²) in [5.74, 6) is -3.47. The minimum atomic E-state index is -1.34. The van der Waals surface area contributed by atoms with Crippen LogP contribution in [-0.2, 0) is 0 Å². The van der Waals surface area contributed by atoms with E-state index in [1.165, 1.54) is 18.5 Å². The highest BCUT2D eigenvalue weighted by atomic mass is 19.1. The molecule has 20 heavy (non-hydrogen) atoms. The van der Waals surface area contributed by atoms with Crippen LogP contribution in [0.25, 0.3) is 16.7 Å². The zero-order valence-electron chi connectivity index (χ0n) is 9.79. The number of hydrogen-bond donors (Lipinski definition) is 1. The molecule has 0 spiro atoms. The van der Waals surface area contributed by atoms with Crippen LogP contribution in [0.15, 0.2) is 30.6 Å². The first-order chi connectivity index (χ1) is 9.58. The molecule has 0 saturated carbocycles. The molecule has 0 bridgehead atoms. The molecule has 6 nitrogen and oxygen atoms in total. The van der Waals surface area contributed by atoms with E-state index in [1.807, 2.05) is 0 Å². The number of halogens is 2. The van der Waals surface area contributed by atoms with Crippen LogP contribution in [-0.4, -0.2) is 30.8 Å². The molecule has 8 heteroatoms. The van der Waals surface area contributed by atoms with Crippen molar-refractivity contribution in [3.8, 4) is 5.69 Å². The van der Waals surface area contributed by atoms with Crippen LogP contribution >= 0.6 is 0 Å². The third kappa shape index (κ3) is 1.78. The second-order valence-corrected chi connectivity index (χ2v) is 3.90. The maximum Gasteiger partial charge on any atom is 0.374 e. The highest BCUT2D eigenvalue weighted by Crippen LogP contribution is 2.21. The van der Waals surface area contributed by atoms with E-state index in [1.54, 1.807) is 0 Å². The molecule has 1 aromatic carbocycles. The van der Waals surface area contributed by atoms with E-state index < -0.39 is 29.1 Å². The molecule has 0 saturated heterocycles. The average molecular weight is 276 g/mol. The molecule has 2 heterocycles. The summed E-state index contributed by atoms with van der Waals surface area (Å²) in [7, 11) is 0. The molecule has 100 valence electrons. The Hall–Kier alpha value is -2.90. The summed E-state index contributed by atoms with van der Waals surface area (Å²) < 4.78 is 28.4. The van der Waals surface area contributed by atoms with Gasteiger partial charge in [-0.05, 0) is 12.1 Å². The summed E-state index contributed by atoms with van der Waals surface area (Å²) in [5, 5.41) is 13.1. The van der Waals surface area contributed by atoms with Gasteiger partial charge in [-0.3, -0.25) is 0 Å². The number of aromatic nitrogens is 4. The molecule has 1 N–H and O–H groups in total. The fourth-order valence-electron chi connectivity index (χ4n) is 1.78. The molecule has 0 fully saturated rings. The van der Waals surface area contributed by atoms with E-state index in [4.69, 9.17) is 5.11 Å². The van der Waals surface area contributed by atoms with E-state index >= 15 is 0 Å². The number of hydrogen-bond acceptors (Lipinski definition) is 4. The lowest BCUT2D eigenvalue weighted by atomic mass is 10.3. The zero-order valence-corrected chi connectivity index (χ0v) is 9.79. The Kier molecular flexibility index (Phi) is 2.63. The maximum atomic E-state index is 13.7. The number of fused-ring (bicyclic) bond motifs is 1. The number of carboxylic acids is 1. The van der Waals surface area contributed by atoms with Crippen LogP contribution < -0.4 is 0 Å². The number of rotatable bonds is 2. The average Bonchev–Trinajstić information content (AvgIpc) is 2.81. The van der Waals surface area contributed by atoms with Crippen molar-refractivity contribution in [3.05, 3.63) is 48.1 Å². The van der Waals surface area contributed by atoms with E-state index in [0.29, 0.717) is 5.39 Å². The fraction of sp³-hybridized carbons (Fsp3) is 0. The summed E-state index contributed by atoms with van der Waals surface area (Å²) in [6.07, 6.45) is 2.53. The molecule has 0 unspecified atom stereocenters. The van der Waals surface area contributed by atoms with Crippen molar-refractivity contribution in [1.82, 2.24) is 19.7 Å². The molecule has 0 aliphatic carbocycles. The second-order valence-electron chi connectivity index (χ2n) is 3.90. The van der Waals surface area contributed by atoms with E-state index in [0.717, 1.165) is 16.8 Å². The van der Waals surface area contributed by atoms with Crippen molar-refractivity contribution < 1.29 is 18.7 Å². The fourth-order valence-corrected chi connectivity index (χ4v) is 1.78. The van der Waals surface area contributed by atoms with Crippen molar-refractivity contribution in [2.45, 2.75) is 0 Å². The summed E-state index contributed by atoms with van der Waals surface area (Å²) in [6, 6.07) is 3.37. The minimum absolute atomic E-state index is 0.0152. The normalized spacial score (nSPS) is 10.9. The minimum Gasteiger partial charge on any atom is -0.475 e. The highest BCUT2D eigenvalue weighted by molar-refractivity contribution is 5.86. The third-order valence-corrected chi connectivity index (χ3v) is 2.65. The standard InChI is InChI=1S/C12H6F2N4O2/c13-7-2-1-3-8(14)9(7)18-11-6(5-16-18)4-15-10(17-11)12(19)20/h1-5H,(H,19,20). The van der Waals surface area contributed by atoms with Crippen molar-refractivity contribution >= 4 is 17.0 Å². The molecule has 0 amide bonds. The first kappa shape index (κ1) is 12.2.